The number of benzene rings is 2. The largest absolute Gasteiger partial charge is 0.497 e. The van der Waals surface area contributed by atoms with E-state index in [-0.39, 0.29) is 5.91 Å². The molecule has 0 saturated heterocycles. The summed E-state index contributed by atoms with van der Waals surface area (Å²) in [4.78, 5) is 18.0. The molecular formula is C25H18ClN3O3S2. The van der Waals surface area contributed by atoms with Crippen LogP contribution in [0.5, 0.6) is 11.5 Å². The van der Waals surface area contributed by atoms with Crippen LogP contribution in [0.2, 0.25) is 5.02 Å². The quantitative estimate of drug-likeness (QED) is 0.276. The second-order valence-electron chi connectivity index (χ2n) is 6.91. The number of carbonyl (C=O) groups excluding carboxylic acids is 1. The number of nitrogens with one attached hydrogen (secondary N) is 1. The van der Waals surface area contributed by atoms with E-state index in [1.807, 2.05) is 23.6 Å². The monoisotopic (exact) mass is 507 g/mol. The van der Waals surface area contributed by atoms with E-state index in [2.05, 4.69) is 11.4 Å². The van der Waals surface area contributed by atoms with Crippen molar-refractivity contribution in [1.29, 1.82) is 5.26 Å². The van der Waals surface area contributed by atoms with Gasteiger partial charge in [0.2, 0.25) is 0 Å². The molecule has 4 rings (SSSR count). The third-order valence-electron chi connectivity index (χ3n) is 4.80. The first-order chi connectivity index (χ1) is 16.5. The standard InChI is InChI=1S/C25H18ClN3O3S2/c1-31-19-9-10-20(32-2)16(13-19)12-17(14-27)24-28-22(15-5-7-18(26)8-6-15)25(34-24)29-23(30)21-4-3-11-33-21/h3-13H,1-2H3,(H,29,30)/b17-12+. The Morgan fingerprint density at radius 3 is 2.59 bits per heavy atom. The second-order valence-corrected chi connectivity index (χ2v) is 9.30. The van der Waals surface area contributed by atoms with E-state index in [0.29, 0.717) is 48.2 Å². The number of allylic oxidation sites excluding steroid dienone is 1. The van der Waals surface area contributed by atoms with Crippen LogP contribution in [0.15, 0.2) is 60.0 Å². The predicted molar refractivity (Wildman–Crippen MR) is 138 cm³/mol. The van der Waals surface area contributed by atoms with Crippen LogP contribution >= 0.6 is 34.3 Å². The Morgan fingerprint density at radius 2 is 1.94 bits per heavy atom. The first-order valence-corrected chi connectivity index (χ1v) is 12.1. The zero-order chi connectivity index (χ0) is 24.1. The van der Waals surface area contributed by atoms with Crippen LogP contribution < -0.4 is 14.8 Å². The fraction of sp³-hybridized carbons (Fsp3) is 0.0800. The number of nitrogens with zero attached hydrogens (tertiary/aromatic N) is 2. The SMILES string of the molecule is COc1ccc(OC)c(/C=C(\C#N)c2nc(-c3ccc(Cl)cc3)c(NC(=O)c3cccs3)s2)c1. The highest BCUT2D eigenvalue weighted by Crippen LogP contribution is 2.38. The summed E-state index contributed by atoms with van der Waals surface area (Å²) in [6, 6.07) is 18.3. The van der Waals surface area contributed by atoms with Gasteiger partial charge >= 0.3 is 0 Å². The summed E-state index contributed by atoms with van der Waals surface area (Å²) in [7, 11) is 3.13. The number of rotatable bonds is 7. The third-order valence-corrected chi connectivity index (χ3v) is 6.93. The van der Waals surface area contributed by atoms with Gasteiger partial charge in [-0.3, -0.25) is 4.79 Å². The van der Waals surface area contributed by atoms with Crippen molar-refractivity contribution in [3.63, 3.8) is 0 Å². The minimum atomic E-state index is -0.239. The normalized spacial score (nSPS) is 11.1. The second kappa shape index (κ2) is 10.5. The summed E-state index contributed by atoms with van der Waals surface area (Å²) in [5.41, 5.74) is 2.32. The number of carbonyl (C=O) groups is 1. The molecule has 2 aromatic heterocycles. The van der Waals surface area contributed by atoms with Crippen LogP contribution in [0.25, 0.3) is 22.9 Å². The lowest BCUT2D eigenvalue weighted by Gasteiger charge is -2.07. The molecule has 0 bridgehead atoms. The van der Waals surface area contributed by atoms with Crippen molar-refractivity contribution in [3.8, 4) is 28.8 Å². The molecule has 2 heterocycles. The lowest BCUT2D eigenvalue weighted by molar-refractivity contribution is 0.103. The Hall–Kier alpha value is -3.64. The molecule has 1 amide bonds. The average molecular weight is 508 g/mol. The number of hydrogen-bond acceptors (Lipinski definition) is 7. The van der Waals surface area contributed by atoms with Gasteiger partial charge in [-0.05, 0) is 47.9 Å². The molecule has 2 aromatic carbocycles. The van der Waals surface area contributed by atoms with Gasteiger partial charge in [0.1, 0.15) is 33.3 Å². The van der Waals surface area contributed by atoms with E-state index >= 15 is 0 Å². The third kappa shape index (κ3) is 5.13. The summed E-state index contributed by atoms with van der Waals surface area (Å²) in [5.74, 6) is 0.987. The summed E-state index contributed by atoms with van der Waals surface area (Å²) in [6.45, 7) is 0. The van der Waals surface area contributed by atoms with Crippen molar-refractivity contribution in [3.05, 3.63) is 80.4 Å². The Balaban J connectivity index is 1.79. The van der Waals surface area contributed by atoms with Gasteiger partial charge in [-0.2, -0.15) is 5.26 Å². The number of amides is 1. The molecular weight excluding hydrogens is 490 g/mol. The number of hydrogen-bond donors (Lipinski definition) is 1. The molecule has 0 unspecified atom stereocenters. The number of nitriles is 1. The molecule has 6 nitrogen and oxygen atoms in total. The molecule has 34 heavy (non-hydrogen) atoms. The number of ether oxygens (including phenoxy) is 2. The smallest absolute Gasteiger partial charge is 0.266 e. The summed E-state index contributed by atoms with van der Waals surface area (Å²) in [5, 5.41) is 16.3. The number of thiazole rings is 1. The zero-order valence-corrected chi connectivity index (χ0v) is 20.6. The fourth-order valence-electron chi connectivity index (χ4n) is 3.15. The Bertz CT molecular complexity index is 1390. The van der Waals surface area contributed by atoms with Crippen molar-refractivity contribution < 1.29 is 14.3 Å². The Kier molecular flexibility index (Phi) is 7.28. The Labute approximate surface area is 209 Å². The van der Waals surface area contributed by atoms with E-state index < -0.39 is 0 Å². The number of anilines is 1. The highest BCUT2D eigenvalue weighted by atomic mass is 35.5. The van der Waals surface area contributed by atoms with Gasteiger partial charge in [-0.25, -0.2) is 4.98 Å². The first kappa shape index (κ1) is 23.5. The van der Waals surface area contributed by atoms with Gasteiger partial charge in [-0.15, -0.1) is 11.3 Å². The van der Waals surface area contributed by atoms with Crippen molar-refractivity contribution in [1.82, 2.24) is 4.98 Å². The molecule has 0 aliphatic carbocycles. The minimum absolute atomic E-state index is 0.239. The summed E-state index contributed by atoms with van der Waals surface area (Å²) >= 11 is 8.62. The van der Waals surface area contributed by atoms with E-state index in [9.17, 15) is 10.1 Å². The highest BCUT2D eigenvalue weighted by molar-refractivity contribution is 7.18. The maximum Gasteiger partial charge on any atom is 0.266 e. The van der Waals surface area contributed by atoms with E-state index in [1.165, 1.54) is 22.7 Å². The lowest BCUT2D eigenvalue weighted by Crippen LogP contribution is -2.09. The lowest BCUT2D eigenvalue weighted by atomic mass is 10.1. The molecule has 0 fully saturated rings. The topological polar surface area (TPSA) is 84.2 Å². The summed E-state index contributed by atoms with van der Waals surface area (Å²) < 4.78 is 10.7. The van der Waals surface area contributed by atoms with Gasteiger partial charge in [0, 0.05) is 16.1 Å². The van der Waals surface area contributed by atoms with Crippen LogP contribution in [0.3, 0.4) is 0 Å². The molecule has 0 atom stereocenters. The summed E-state index contributed by atoms with van der Waals surface area (Å²) in [6.07, 6.45) is 1.69. The fourth-order valence-corrected chi connectivity index (χ4v) is 4.84. The van der Waals surface area contributed by atoms with Gasteiger partial charge < -0.3 is 14.8 Å². The van der Waals surface area contributed by atoms with Gasteiger partial charge in [0.05, 0.1) is 24.7 Å². The van der Waals surface area contributed by atoms with Crippen molar-refractivity contribution in [2.45, 2.75) is 0 Å². The molecule has 0 aliphatic heterocycles. The van der Waals surface area contributed by atoms with Crippen molar-refractivity contribution in [2.24, 2.45) is 0 Å². The van der Waals surface area contributed by atoms with Crippen LogP contribution in [-0.4, -0.2) is 25.1 Å². The molecule has 0 spiro atoms. The number of halogens is 1. The molecule has 0 aliphatic rings. The molecule has 4 aromatic rings. The van der Waals surface area contributed by atoms with Crippen molar-refractivity contribution in [2.75, 3.05) is 19.5 Å². The van der Waals surface area contributed by atoms with Crippen LogP contribution in [0, 0.1) is 11.3 Å². The zero-order valence-electron chi connectivity index (χ0n) is 18.2. The van der Waals surface area contributed by atoms with Crippen LogP contribution in [0.1, 0.15) is 20.2 Å². The Morgan fingerprint density at radius 1 is 1.15 bits per heavy atom. The molecule has 1 N–H and O–H groups in total. The van der Waals surface area contributed by atoms with Crippen LogP contribution in [0.4, 0.5) is 5.00 Å². The first-order valence-electron chi connectivity index (χ1n) is 9.98. The minimum Gasteiger partial charge on any atom is -0.497 e. The molecule has 9 heteroatoms. The average Bonchev–Trinajstić information content (AvgIpc) is 3.53. The van der Waals surface area contributed by atoms with E-state index in [1.54, 1.807) is 56.7 Å². The maximum absolute atomic E-state index is 12.8. The molecule has 0 saturated carbocycles. The number of aromatic nitrogens is 1. The molecule has 0 radical (unpaired) electrons. The highest BCUT2D eigenvalue weighted by Gasteiger charge is 2.19. The number of methoxy groups -OCH3 is 2. The maximum atomic E-state index is 12.8. The predicted octanol–water partition coefficient (Wildman–Crippen LogP) is 6.86. The number of thiophene rings is 1. The van der Waals surface area contributed by atoms with Crippen molar-refractivity contribution >= 4 is 56.8 Å². The van der Waals surface area contributed by atoms with Gasteiger partial charge in [-0.1, -0.05) is 41.1 Å². The van der Waals surface area contributed by atoms with E-state index in [0.717, 1.165) is 5.56 Å². The van der Waals surface area contributed by atoms with Gasteiger partial charge in [0.25, 0.3) is 5.91 Å². The molecule has 170 valence electrons. The van der Waals surface area contributed by atoms with Gasteiger partial charge in [0.15, 0.2) is 0 Å². The van der Waals surface area contributed by atoms with Crippen LogP contribution in [-0.2, 0) is 0 Å². The van der Waals surface area contributed by atoms with E-state index in [4.69, 9.17) is 26.1 Å².